The second-order valence-electron chi connectivity index (χ2n) is 8.04. The fraction of sp³-hybridized carbons (Fsp3) is 0.435. The van der Waals surface area contributed by atoms with Crippen molar-refractivity contribution in [1.29, 1.82) is 0 Å². The first-order valence-corrected chi connectivity index (χ1v) is 10.3. The number of nitrogens with zero attached hydrogens (tertiary/aromatic N) is 1. The number of rotatable bonds is 5. The lowest BCUT2D eigenvalue weighted by atomic mass is 9.91. The first kappa shape index (κ1) is 19.0. The highest BCUT2D eigenvalue weighted by Gasteiger charge is 2.34. The van der Waals surface area contributed by atoms with E-state index in [2.05, 4.69) is 46.1 Å². The van der Waals surface area contributed by atoms with E-state index in [9.17, 15) is 9.90 Å². The Kier molecular flexibility index (Phi) is 5.93. The number of nitrogens with one attached hydrogen (secondary N) is 2. The summed E-state index contributed by atoms with van der Waals surface area (Å²) in [6.45, 7) is 1.73. The summed E-state index contributed by atoms with van der Waals surface area (Å²) in [7, 11) is 0. The van der Waals surface area contributed by atoms with Crippen LogP contribution in [0.5, 0.6) is 5.75 Å². The van der Waals surface area contributed by atoms with Gasteiger partial charge in [0.1, 0.15) is 11.8 Å². The number of carbonyl (C=O) groups is 1. The second-order valence-corrected chi connectivity index (χ2v) is 8.04. The molecule has 3 atom stereocenters. The van der Waals surface area contributed by atoms with Gasteiger partial charge in [-0.25, -0.2) is 10.9 Å². The molecule has 0 bridgehead atoms. The Morgan fingerprint density at radius 1 is 1.07 bits per heavy atom. The van der Waals surface area contributed by atoms with Crippen LogP contribution < -0.4 is 10.9 Å². The Bertz CT molecular complexity index is 778. The summed E-state index contributed by atoms with van der Waals surface area (Å²) in [6, 6.07) is 17.7. The fourth-order valence-electron chi connectivity index (χ4n) is 4.38. The maximum atomic E-state index is 13.0. The molecule has 0 saturated carbocycles. The second kappa shape index (κ2) is 8.76. The Morgan fingerprint density at radius 2 is 1.86 bits per heavy atom. The van der Waals surface area contributed by atoms with Gasteiger partial charge in [0.25, 0.3) is 0 Å². The number of hydrogen-bond donors (Lipinski definition) is 3. The standard InChI is InChI=1S/C23H29N3O2/c27-20-12-10-19(11-13-20)21-15-22(25-24-21)23(28)26-14-4-7-18(16-26)9-8-17-5-2-1-3-6-17/h1-3,5-6,10-13,18,21-22,24-25,27H,4,7-9,14-16H2. The van der Waals surface area contributed by atoms with Gasteiger partial charge < -0.3 is 10.0 Å². The van der Waals surface area contributed by atoms with Crippen LogP contribution >= 0.6 is 0 Å². The molecule has 2 aliphatic heterocycles. The number of likely N-dealkylation sites (tertiary alicyclic amines) is 1. The molecule has 5 nitrogen and oxygen atoms in total. The number of aromatic hydroxyl groups is 1. The zero-order valence-corrected chi connectivity index (χ0v) is 16.2. The molecule has 0 aliphatic carbocycles. The van der Waals surface area contributed by atoms with Crippen LogP contribution in [-0.4, -0.2) is 35.0 Å². The molecular weight excluding hydrogens is 350 g/mol. The summed E-state index contributed by atoms with van der Waals surface area (Å²) in [5, 5.41) is 9.45. The van der Waals surface area contributed by atoms with Gasteiger partial charge in [0.2, 0.25) is 5.91 Å². The van der Waals surface area contributed by atoms with Crippen LogP contribution in [0, 0.1) is 5.92 Å². The van der Waals surface area contributed by atoms with Gasteiger partial charge in [-0.05, 0) is 61.3 Å². The molecule has 0 spiro atoms. The molecular formula is C23H29N3O2. The maximum Gasteiger partial charge on any atom is 0.241 e. The quantitative estimate of drug-likeness (QED) is 0.747. The maximum absolute atomic E-state index is 13.0. The molecule has 148 valence electrons. The van der Waals surface area contributed by atoms with Gasteiger partial charge in [-0.15, -0.1) is 0 Å². The number of hydrogen-bond acceptors (Lipinski definition) is 4. The Balaban J connectivity index is 1.30. The van der Waals surface area contributed by atoms with E-state index in [1.165, 1.54) is 12.0 Å². The highest BCUT2D eigenvalue weighted by atomic mass is 16.3. The Morgan fingerprint density at radius 3 is 2.64 bits per heavy atom. The van der Waals surface area contributed by atoms with Crippen molar-refractivity contribution in [3.05, 3.63) is 65.7 Å². The molecule has 2 saturated heterocycles. The average molecular weight is 380 g/mol. The monoisotopic (exact) mass is 379 g/mol. The number of amides is 1. The van der Waals surface area contributed by atoms with Crippen LogP contribution in [0.3, 0.4) is 0 Å². The van der Waals surface area contributed by atoms with Crippen LogP contribution in [0.25, 0.3) is 0 Å². The SMILES string of the molecule is O=C(C1CC(c2ccc(O)cc2)NN1)N1CCCC(CCc2ccccc2)C1. The molecule has 5 heteroatoms. The van der Waals surface area contributed by atoms with Gasteiger partial charge in [-0.2, -0.15) is 0 Å². The van der Waals surface area contributed by atoms with Gasteiger partial charge in [-0.1, -0.05) is 42.5 Å². The molecule has 2 aromatic carbocycles. The summed E-state index contributed by atoms with van der Waals surface area (Å²) >= 11 is 0. The van der Waals surface area contributed by atoms with Gasteiger partial charge >= 0.3 is 0 Å². The summed E-state index contributed by atoms with van der Waals surface area (Å²) in [4.78, 5) is 15.1. The molecule has 1 amide bonds. The van der Waals surface area contributed by atoms with Crippen molar-refractivity contribution in [3.63, 3.8) is 0 Å². The van der Waals surface area contributed by atoms with Gasteiger partial charge in [-0.3, -0.25) is 4.79 Å². The minimum absolute atomic E-state index is 0.0909. The number of phenolic OH excluding ortho intramolecular Hbond substituents is 1. The predicted molar refractivity (Wildman–Crippen MR) is 110 cm³/mol. The number of benzene rings is 2. The summed E-state index contributed by atoms with van der Waals surface area (Å²) in [6.07, 6.45) is 5.25. The van der Waals surface area contributed by atoms with Crippen LogP contribution in [0.2, 0.25) is 0 Å². The molecule has 0 radical (unpaired) electrons. The van der Waals surface area contributed by atoms with Crippen molar-refractivity contribution in [2.24, 2.45) is 5.92 Å². The van der Waals surface area contributed by atoms with Crippen molar-refractivity contribution in [2.75, 3.05) is 13.1 Å². The largest absolute Gasteiger partial charge is 0.508 e. The molecule has 4 rings (SSSR count). The Hall–Kier alpha value is -2.37. The average Bonchev–Trinajstić information content (AvgIpc) is 3.23. The molecule has 3 N–H and O–H groups in total. The van der Waals surface area contributed by atoms with Crippen molar-refractivity contribution in [1.82, 2.24) is 15.8 Å². The first-order valence-electron chi connectivity index (χ1n) is 10.3. The minimum atomic E-state index is -0.188. The number of phenols is 1. The predicted octanol–water partition coefficient (Wildman–Crippen LogP) is 3.17. The van der Waals surface area contributed by atoms with E-state index in [1.807, 2.05) is 12.1 Å². The van der Waals surface area contributed by atoms with Crippen molar-refractivity contribution in [3.8, 4) is 5.75 Å². The molecule has 2 fully saturated rings. The molecule has 2 aliphatic rings. The molecule has 2 heterocycles. The smallest absolute Gasteiger partial charge is 0.241 e. The number of piperidine rings is 1. The first-order chi connectivity index (χ1) is 13.7. The van der Waals surface area contributed by atoms with Crippen molar-refractivity contribution < 1.29 is 9.90 Å². The van der Waals surface area contributed by atoms with Crippen molar-refractivity contribution >= 4 is 5.91 Å². The topological polar surface area (TPSA) is 64.6 Å². The highest BCUT2D eigenvalue weighted by molar-refractivity contribution is 5.82. The molecule has 0 aromatic heterocycles. The van der Waals surface area contributed by atoms with Crippen LogP contribution in [-0.2, 0) is 11.2 Å². The van der Waals surface area contributed by atoms with E-state index in [0.717, 1.165) is 44.3 Å². The van der Waals surface area contributed by atoms with E-state index in [0.29, 0.717) is 5.92 Å². The highest BCUT2D eigenvalue weighted by Crippen LogP contribution is 2.27. The lowest BCUT2D eigenvalue weighted by molar-refractivity contribution is -0.135. The van der Waals surface area contributed by atoms with Crippen molar-refractivity contribution in [2.45, 2.75) is 44.2 Å². The minimum Gasteiger partial charge on any atom is -0.508 e. The zero-order valence-electron chi connectivity index (χ0n) is 16.2. The number of aryl methyl sites for hydroxylation is 1. The van der Waals surface area contributed by atoms with Crippen LogP contribution in [0.4, 0.5) is 0 Å². The molecule has 3 unspecified atom stereocenters. The molecule has 28 heavy (non-hydrogen) atoms. The normalized spacial score (nSPS) is 25.0. The van der Waals surface area contributed by atoms with E-state index >= 15 is 0 Å². The van der Waals surface area contributed by atoms with E-state index in [-0.39, 0.29) is 23.7 Å². The lowest BCUT2D eigenvalue weighted by Gasteiger charge is -2.34. The third kappa shape index (κ3) is 4.54. The third-order valence-electron chi connectivity index (χ3n) is 6.01. The fourth-order valence-corrected chi connectivity index (χ4v) is 4.38. The van der Waals surface area contributed by atoms with E-state index < -0.39 is 0 Å². The lowest BCUT2D eigenvalue weighted by Crippen LogP contribution is -2.49. The number of carbonyl (C=O) groups excluding carboxylic acids is 1. The summed E-state index contributed by atoms with van der Waals surface area (Å²) in [5.41, 5.74) is 8.89. The number of hydrazine groups is 1. The van der Waals surface area contributed by atoms with Gasteiger partial charge in [0.05, 0.1) is 0 Å². The van der Waals surface area contributed by atoms with Crippen LogP contribution in [0.1, 0.15) is 42.9 Å². The zero-order chi connectivity index (χ0) is 19.3. The third-order valence-corrected chi connectivity index (χ3v) is 6.01. The summed E-state index contributed by atoms with van der Waals surface area (Å²) < 4.78 is 0. The van der Waals surface area contributed by atoms with Crippen LogP contribution in [0.15, 0.2) is 54.6 Å². The Labute approximate surface area is 166 Å². The van der Waals surface area contributed by atoms with Gasteiger partial charge in [0.15, 0.2) is 0 Å². The van der Waals surface area contributed by atoms with E-state index in [1.54, 1.807) is 12.1 Å². The van der Waals surface area contributed by atoms with Gasteiger partial charge in [0, 0.05) is 19.1 Å². The van der Waals surface area contributed by atoms with E-state index in [4.69, 9.17) is 0 Å². The molecule has 2 aromatic rings. The summed E-state index contributed by atoms with van der Waals surface area (Å²) in [5.74, 6) is 1.05.